The van der Waals surface area contributed by atoms with Crippen molar-refractivity contribution in [2.75, 3.05) is 0 Å². The van der Waals surface area contributed by atoms with E-state index in [0.29, 0.717) is 5.39 Å². The Morgan fingerprint density at radius 2 is 1.62 bits per heavy atom. The topological polar surface area (TPSA) is 57.2 Å². The molecule has 0 aliphatic rings. The number of aryl methyl sites for hydroxylation is 1. The van der Waals surface area contributed by atoms with Crippen molar-refractivity contribution in [2.24, 2.45) is 0 Å². The maximum atomic E-state index is 11.3. The van der Waals surface area contributed by atoms with E-state index in [4.69, 9.17) is 0 Å². The van der Waals surface area contributed by atoms with Gasteiger partial charge in [-0.15, -0.1) is 0 Å². The number of fused-ring (bicyclic) bond motifs is 1. The Labute approximate surface area is 148 Å². The number of unbranched alkanes of at least 4 members (excludes halogenated alkanes) is 3. The third-order valence-corrected chi connectivity index (χ3v) is 4.44. The number of rotatable bonds is 6. The van der Waals surface area contributed by atoms with Crippen molar-refractivity contribution in [1.82, 2.24) is 0 Å². The summed E-state index contributed by atoms with van der Waals surface area (Å²) in [7, 11) is -4.43. The molecule has 0 N–H and O–H groups in total. The van der Waals surface area contributed by atoms with Gasteiger partial charge < -0.3 is 4.55 Å². The molecule has 0 atom stereocenters. The molecule has 0 spiro atoms. The Morgan fingerprint density at radius 3 is 2.29 bits per heavy atom. The summed E-state index contributed by atoms with van der Waals surface area (Å²) in [5, 5.41) is 1.41. The van der Waals surface area contributed by atoms with Crippen molar-refractivity contribution in [3.63, 3.8) is 0 Å². The van der Waals surface area contributed by atoms with Crippen molar-refractivity contribution in [1.29, 1.82) is 0 Å². The summed E-state index contributed by atoms with van der Waals surface area (Å²) in [6.07, 6.45) is 5.58. The molecule has 0 bridgehead atoms. The third kappa shape index (κ3) is 4.80. The SMILES string of the molecule is CCCCCCc1cccc2c(S(=O)(=O)[O-])cccc12.[Na+]. The van der Waals surface area contributed by atoms with Crippen LogP contribution in [0.1, 0.15) is 38.2 Å². The summed E-state index contributed by atoms with van der Waals surface area (Å²) in [6, 6.07) is 10.4. The maximum Gasteiger partial charge on any atom is 1.00 e. The summed E-state index contributed by atoms with van der Waals surface area (Å²) in [5.41, 5.74) is 1.11. The van der Waals surface area contributed by atoms with E-state index in [1.165, 1.54) is 25.3 Å². The quantitative estimate of drug-likeness (QED) is 0.452. The van der Waals surface area contributed by atoms with E-state index < -0.39 is 10.1 Å². The van der Waals surface area contributed by atoms with Crippen LogP contribution in [0.25, 0.3) is 10.8 Å². The second-order valence-electron chi connectivity index (χ2n) is 5.03. The maximum absolute atomic E-state index is 11.3. The largest absolute Gasteiger partial charge is 1.00 e. The fraction of sp³-hybridized carbons (Fsp3) is 0.375. The van der Waals surface area contributed by atoms with Gasteiger partial charge in [0.05, 0.1) is 4.90 Å². The first-order valence-corrected chi connectivity index (χ1v) is 8.41. The van der Waals surface area contributed by atoms with Crippen LogP contribution in [0.4, 0.5) is 0 Å². The van der Waals surface area contributed by atoms with Crippen LogP contribution in [0.3, 0.4) is 0 Å². The number of benzene rings is 2. The van der Waals surface area contributed by atoms with Gasteiger partial charge in [-0.25, -0.2) is 8.42 Å². The van der Waals surface area contributed by atoms with Gasteiger partial charge >= 0.3 is 29.6 Å². The summed E-state index contributed by atoms with van der Waals surface area (Å²) in [5.74, 6) is 0. The first-order chi connectivity index (χ1) is 9.54. The van der Waals surface area contributed by atoms with Crippen LogP contribution in [-0.2, 0) is 16.5 Å². The minimum Gasteiger partial charge on any atom is -0.744 e. The molecule has 0 aromatic heterocycles. The standard InChI is InChI=1S/C16H20O3S.Na/c1-2-3-4-5-8-13-9-6-11-15-14(13)10-7-12-16(15)20(17,18)19;/h6-7,9-12H,2-5,8H2,1H3,(H,17,18,19);/q;+1/p-1. The van der Waals surface area contributed by atoms with Crippen LogP contribution in [-0.4, -0.2) is 13.0 Å². The Hall–Kier alpha value is -0.390. The summed E-state index contributed by atoms with van der Waals surface area (Å²) in [6.45, 7) is 2.17. The predicted octanol–water partition coefficient (Wildman–Crippen LogP) is 0.871. The molecule has 108 valence electrons. The van der Waals surface area contributed by atoms with Gasteiger partial charge in [0.2, 0.25) is 0 Å². The molecule has 0 aliphatic heterocycles. The van der Waals surface area contributed by atoms with E-state index in [2.05, 4.69) is 6.92 Å². The zero-order valence-corrected chi connectivity index (χ0v) is 15.4. The molecule has 0 heterocycles. The molecular weight excluding hydrogens is 295 g/mol. The van der Waals surface area contributed by atoms with Crippen molar-refractivity contribution < 1.29 is 42.5 Å². The molecule has 0 saturated carbocycles. The minimum absolute atomic E-state index is 0. The van der Waals surface area contributed by atoms with E-state index in [9.17, 15) is 13.0 Å². The van der Waals surface area contributed by atoms with Gasteiger partial charge in [-0.3, -0.25) is 0 Å². The smallest absolute Gasteiger partial charge is 0.744 e. The number of hydrogen-bond acceptors (Lipinski definition) is 3. The summed E-state index contributed by atoms with van der Waals surface area (Å²) >= 11 is 0. The van der Waals surface area contributed by atoms with Crippen LogP contribution in [0.5, 0.6) is 0 Å². The molecule has 5 heteroatoms. The van der Waals surface area contributed by atoms with Gasteiger partial charge in [0.1, 0.15) is 10.1 Å². The molecule has 0 radical (unpaired) electrons. The van der Waals surface area contributed by atoms with Gasteiger partial charge in [0, 0.05) is 0 Å². The van der Waals surface area contributed by atoms with Crippen LogP contribution >= 0.6 is 0 Å². The Kier molecular flexibility index (Phi) is 7.37. The van der Waals surface area contributed by atoms with Gasteiger partial charge in [-0.2, -0.15) is 0 Å². The summed E-state index contributed by atoms with van der Waals surface area (Å²) in [4.78, 5) is -0.120. The van der Waals surface area contributed by atoms with Gasteiger partial charge in [-0.1, -0.05) is 56.5 Å². The monoisotopic (exact) mass is 314 g/mol. The van der Waals surface area contributed by atoms with Gasteiger partial charge in [0.15, 0.2) is 0 Å². The Balaban J connectivity index is 0.00000220. The summed E-state index contributed by atoms with van der Waals surface area (Å²) < 4.78 is 33.9. The molecule has 0 amide bonds. The van der Waals surface area contributed by atoms with Crippen molar-refractivity contribution in [2.45, 2.75) is 43.9 Å². The first-order valence-electron chi connectivity index (χ1n) is 7.00. The fourth-order valence-corrected chi connectivity index (χ4v) is 3.22. The molecule has 2 rings (SSSR count). The van der Waals surface area contributed by atoms with Gasteiger partial charge in [0.25, 0.3) is 0 Å². The first kappa shape index (κ1) is 18.7. The Bertz CT molecular complexity index is 696. The van der Waals surface area contributed by atoms with Crippen LogP contribution in [0.2, 0.25) is 0 Å². The zero-order chi connectivity index (χ0) is 14.6. The second kappa shape index (κ2) is 8.30. The van der Waals surface area contributed by atoms with E-state index in [1.807, 2.05) is 18.2 Å². The molecule has 2 aromatic rings. The van der Waals surface area contributed by atoms with E-state index in [-0.39, 0.29) is 34.5 Å². The molecule has 0 unspecified atom stereocenters. The number of hydrogen-bond donors (Lipinski definition) is 0. The van der Waals surface area contributed by atoms with E-state index in [0.717, 1.165) is 23.8 Å². The second-order valence-corrected chi connectivity index (χ2v) is 6.38. The van der Waals surface area contributed by atoms with Crippen LogP contribution < -0.4 is 29.6 Å². The van der Waals surface area contributed by atoms with Crippen LogP contribution in [0, 0.1) is 0 Å². The molecule has 0 fully saturated rings. The molecule has 21 heavy (non-hydrogen) atoms. The predicted molar refractivity (Wildman–Crippen MR) is 79.8 cm³/mol. The Morgan fingerprint density at radius 1 is 0.952 bits per heavy atom. The average Bonchev–Trinajstić information content (AvgIpc) is 2.42. The molecule has 3 nitrogen and oxygen atoms in total. The van der Waals surface area contributed by atoms with E-state index >= 15 is 0 Å². The van der Waals surface area contributed by atoms with Crippen molar-refractivity contribution >= 4 is 20.9 Å². The molecular formula is C16H19NaO3S. The van der Waals surface area contributed by atoms with Crippen molar-refractivity contribution in [3.8, 4) is 0 Å². The van der Waals surface area contributed by atoms with Crippen LogP contribution in [0.15, 0.2) is 41.3 Å². The van der Waals surface area contributed by atoms with Crippen molar-refractivity contribution in [3.05, 3.63) is 42.0 Å². The average molecular weight is 314 g/mol. The molecule has 0 saturated heterocycles. The van der Waals surface area contributed by atoms with Gasteiger partial charge in [-0.05, 0) is 35.2 Å². The molecule has 2 aromatic carbocycles. The normalized spacial score (nSPS) is 11.3. The fourth-order valence-electron chi connectivity index (χ4n) is 2.52. The molecule has 0 aliphatic carbocycles. The zero-order valence-electron chi connectivity index (χ0n) is 12.6. The minimum atomic E-state index is -4.43. The van der Waals surface area contributed by atoms with E-state index in [1.54, 1.807) is 12.1 Å². The third-order valence-electron chi connectivity index (χ3n) is 3.54.